The second-order valence-corrected chi connectivity index (χ2v) is 5.28. The molecule has 0 spiro atoms. The summed E-state index contributed by atoms with van der Waals surface area (Å²) in [7, 11) is 0. The van der Waals surface area contributed by atoms with Crippen LogP contribution < -0.4 is 10.6 Å². The Labute approximate surface area is 103 Å². The zero-order valence-corrected chi connectivity index (χ0v) is 10.7. The summed E-state index contributed by atoms with van der Waals surface area (Å²) in [4.78, 5) is 12.1. The molecule has 1 amide bonds. The summed E-state index contributed by atoms with van der Waals surface area (Å²) in [6.45, 7) is 4.69. The average molecular weight is 240 g/mol. The second kappa shape index (κ2) is 6.36. The van der Waals surface area contributed by atoms with E-state index in [0.717, 1.165) is 39.0 Å². The van der Waals surface area contributed by atoms with Gasteiger partial charge in [0.1, 0.15) is 0 Å². The molecule has 2 fully saturated rings. The summed E-state index contributed by atoms with van der Waals surface area (Å²) in [5.74, 6) is 0.663. The highest BCUT2D eigenvalue weighted by molar-refractivity contribution is 5.82. The van der Waals surface area contributed by atoms with Gasteiger partial charge in [-0.25, -0.2) is 0 Å². The van der Waals surface area contributed by atoms with Crippen molar-refractivity contribution in [2.45, 2.75) is 51.1 Å². The number of nitrogens with one attached hydrogen (secondary N) is 2. The number of hydrogen-bond acceptors (Lipinski definition) is 3. The van der Waals surface area contributed by atoms with Gasteiger partial charge < -0.3 is 15.4 Å². The summed E-state index contributed by atoms with van der Waals surface area (Å²) in [5.41, 5.74) is 0. The Morgan fingerprint density at radius 3 is 3.00 bits per heavy atom. The lowest BCUT2D eigenvalue weighted by Gasteiger charge is -2.23. The Morgan fingerprint density at radius 1 is 1.35 bits per heavy atom. The first-order valence-electron chi connectivity index (χ1n) is 6.89. The van der Waals surface area contributed by atoms with Gasteiger partial charge in [0.05, 0.1) is 12.6 Å². The Balaban J connectivity index is 1.78. The molecule has 2 N–H and O–H groups in total. The molecule has 2 heterocycles. The van der Waals surface area contributed by atoms with Gasteiger partial charge in [-0.2, -0.15) is 0 Å². The highest BCUT2D eigenvalue weighted by Gasteiger charge is 2.26. The molecule has 4 nitrogen and oxygen atoms in total. The maximum absolute atomic E-state index is 12.1. The summed E-state index contributed by atoms with van der Waals surface area (Å²) < 4.78 is 5.36. The Morgan fingerprint density at radius 2 is 2.24 bits per heavy atom. The first-order valence-corrected chi connectivity index (χ1v) is 6.89. The first kappa shape index (κ1) is 12.8. The van der Waals surface area contributed by atoms with Crippen molar-refractivity contribution in [2.75, 3.05) is 19.8 Å². The van der Waals surface area contributed by atoms with Gasteiger partial charge >= 0.3 is 0 Å². The Hall–Kier alpha value is -0.610. The van der Waals surface area contributed by atoms with Crippen molar-refractivity contribution in [1.82, 2.24) is 10.6 Å². The van der Waals surface area contributed by atoms with E-state index in [1.807, 2.05) is 0 Å². The molecule has 3 atom stereocenters. The zero-order valence-electron chi connectivity index (χ0n) is 10.7. The van der Waals surface area contributed by atoms with E-state index in [1.165, 1.54) is 12.8 Å². The standard InChI is InChI=1S/C13H24N2O2/c1-10(11-6-8-17-9-11)15-13(16)12-5-3-2-4-7-14-12/h10-12,14H,2-9H2,1H3,(H,15,16). The zero-order chi connectivity index (χ0) is 12.1. The van der Waals surface area contributed by atoms with Crippen LogP contribution >= 0.6 is 0 Å². The number of ether oxygens (including phenoxy) is 1. The van der Waals surface area contributed by atoms with Crippen LogP contribution in [0.3, 0.4) is 0 Å². The molecule has 2 aliphatic rings. The molecule has 0 aliphatic carbocycles. The van der Waals surface area contributed by atoms with Gasteiger partial charge in [0.25, 0.3) is 0 Å². The van der Waals surface area contributed by atoms with Crippen LogP contribution in [0.5, 0.6) is 0 Å². The van der Waals surface area contributed by atoms with E-state index in [-0.39, 0.29) is 18.0 Å². The van der Waals surface area contributed by atoms with Gasteiger partial charge in [-0.1, -0.05) is 12.8 Å². The van der Waals surface area contributed by atoms with E-state index in [9.17, 15) is 4.79 Å². The maximum atomic E-state index is 12.1. The number of carbonyl (C=O) groups excluding carboxylic acids is 1. The van der Waals surface area contributed by atoms with Crippen LogP contribution in [0.15, 0.2) is 0 Å². The van der Waals surface area contributed by atoms with Crippen molar-refractivity contribution >= 4 is 5.91 Å². The fourth-order valence-corrected chi connectivity index (χ4v) is 2.64. The lowest BCUT2D eigenvalue weighted by Crippen LogP contribution is -2.48. The molecule has 98 valence electrons. The normalized spacial score (nSPS) is 31.8. The highest BCUT2D eigenvalue weighted by atomic mass is 16.5. The van der Waals surface area contributed by atoms with E-state index in [1.54, 1.807) is 0 Å². The molecule has 0 aromatic carbocycles. The van der Waals surface area contributed by atoms with Crippen molar-refractivity contribution in [2.24, 2.45) is 5.92 Å². The summed E-state index contributed by atoms with van der Waals surface area (Å²) in [5, 5.41) is 6.47. The average Bonchev–Trinajstić information content (AvgIpc) is 2.71. The molecule has 0 saturated carbocycles. The Bertz CT molecular complexity index is 244. The predicted octanol–water partition coefficient (Wildman–Crippen LogP) is 1.06. The molecule has 2 aliphatic heterocycles. The molecular formula is C13H24N2O2. The minimum absolute atomic E-state index is 0.0160. The number of amides is 1. The van der Waals surface area contributed by atoms with Crippen molar-refractivity contribution in [3.63, 3.8) is 0 Å². The fourth-order valence-electron chi connectivity index (χ4n) is 2.64. The van der Waals surface area contributed by atoms with Gasteiger partial charge in [0, 0.05) is 18.6 Å². The van der Waals surface area contributed by atoms with E-state index in [0.29, 0.717) is 5.92 Å². The van der Waals surface area contributed by atoms with Gasteiger partial charge in [-0.05, 0) is 32.7 Å². The van der Waals surface area contributed by atoms with Crippen LogP contribution in [0.25, 0.3) is 0 Å². The quantitative estimate of drug-likeness (QED) is 0.775. The van der Waals surface area contributed by atoms with E-state index in [4.69, 9.17) is 4.74 Å². The van der Waals surface area contributed by atoms with E-state index < -0.39 is 0 Å². The van der Waals surface area contributed by atoms with E-state index >= 15 is 0 Å². The van der Waals surface area contributed by atoms with Gasteiger partial charge in [-0.15, -0.1) is 0 Å². The van der Waals surface area contributed by atoms with Crippen LogP contribution in [-0.2, 0) is 9.53 Å². The molecular weight excluding hydrogens is 216 g/mol. The molecule has 4 heteroatoms. The van der Waals surface area contributed by atoms with Crippen molar-refractivity contribution in [3.05, 3.63) is 0 Å². The summed E-state index contributed by atoms with van der Waals surface area (Å²) in [6, 6.07) is 0.248. The third-order valence-corrected chi connectivity index (χ3v) is 3.92. The molecule has 0 radical (unpaired) electrons. The summed E-state index contributed by atoms with van der Waals surface area (Å²) >= 11 is 0. The fraction of sp³-hybridized carbons (Fsp3) is 0.923. The molecule has 3 unspecified atom stereocenters. The van der Waals surface area contributed by atoms with Crippen LogP contribution in [0.4, 0.5) is 0 Å². The molecule has 2 saturated heterocycles. The lowest BCUT2D eigenvalue weighted by atomic mass is 10.00. The molecule has 0 aromatic rings. The smallest absolute Gasteiger partial charge is 0.237 e. The van der Waals surface area contributed by atoms with Crippen LogP contribution in [-0.4, -0.2) is 37.7 Å². The minimum atomic E-state index is 0.0160. The molecule has 2 rings (SSSR count). The van der Waals surface area contributed by atoms with E-state index in [2.05, 4.69) is 17.6 Å². The van der Waals surface area contributed by atoms with Crippen molar-refractivity contribution < 1.29 is 9.53 Å². The Kier molecular flexibility index (Phi) is 4.80. The second-order valence-electron chi connectivity index (χ2n) is 5.28. The topological polar surface area (TPSA) is 50.4 Å². The monoisotopic (exact) mass is 240 g/mol. The molecule has 17 heavy (non-hydrogen) atoms. The van der Waals surface area contributed by atoms with Gasteiger partial charge in [0.15, 0.2) is 0 Å². The van der Waals surface area contributed by atoms with Crippen molar-refractivity contribution in [3.8, 4) is 0 Å². The van der Waals surface area contributed by atoms with Crippen LogP contribution in [0, 0.1) is 5.92 Å². The largest absolute Gasteiger partial charge is 0.381 e. The van der Waals surface area contributed by atoms with Crippen LogP contribution in [0.1, 0.15) is 39.0 Å². The molecule has 0 aromatic heterocycles. The first-order chi connectivity index (χ1) is 8.27. The predicted molar refractivity (Wildman–Crippen MR) is 66.8 cm³/mol. The summed E-state index contributed by atoms with van der Waals surface area (Å²) in [6.07, 6.45) is 5.63. The van der Waals surface area contributed by atoms with Crippen LogP contribution in [0.2, 0.25) is 0 Å². The third-order valence-electron chi connectivity index (χ3n) is 3.92. The minimum Gasteiger partial charge on any atom is -0.381 e. The lowest BCUT2D eigenvalue weighted by molar-refractivity contribution is -0.124. The highest BCUT2D eigenvalue weighted by Crippen LogP contribution is 2.17. The maximum Gasteiger partial charge on any atom is 0.237 e. The molecule has 0 bridgehead atoms. The van der Waals surface area contributed by atoms with Gasteiger partial charge in [-0.3, -0.25) is 4.79 Å². The van der Waals surface area contributed by atoms with Crippen molar-refractivity contribution in [1.29, 1.82) is 0 Å². The number of hydrogen-bond donors (Lipinski definition) is 2. The number of carbonyl (C=O) groups is 1. The number of rotatable bonds is 3. The van der Waals surface area contributed by atoms with Gasteiger partial charge in [0.2, 0.25) is 5.91 Å². The SMILES string of the molecule is CC(NC(=O)C1CCCCCN1)C1CCOC1. The third kappa shape index (κ3) is 3.68.